The Bertz CT molecular complexity index is 970. The van der Waals surface area contributed by atoms with Crippen molar-refractivity contribution < 1.29 is 17.9 Å². The van der Waals surface area contributed by atoms with Gasteiger partial charge in [-0.3, -0.25) is 9.10 Å². The van der Waals surface area contributed by atoms with Crippen molar-refractivity contribution in [2.45, 2.75) is 62.8 Å². The van der Waals surface area contributed by atoms with Crippen LogP contribution in [0, 0.1) is 0 Å². The van der Waals surface area contributed by atoms with Gasteiger partial charge < -0.3 is 10.1 Å². The van der Waals surface area contributed by atoms with E-state index in [2.05, 4.69) is 21.2 Å². The molecule has 1 aliphatic rings. The van der Waals surface area contributed by atoms with E-state index in [1.54, 1.807) is 36.4 Å². The predicted octanol–water partition coefficient (Wildman–Crippen LogP) is 5.27. The highest BCUT2D eigenvalue weighted by atomic mass is 79.9. The third-order valence-corrected chi connectivity index (χ3v) is 7.91. The van der Waals surface area contributed by atoms with Gasteiger partial charge in [0.05, 0.1) is 17.2 Å². The number of sulfonamides is 1. The average molecular weight is 523 g/mol. The lowest BCUT2D eigenvalue weighted by Gasteiger charge is -2.26. The molecule has 3 rings (SSSR count). The molecule has 0 spiro atoms. The Hall–Kier alpha value is -2.06. The van der Waals surface area contributed by atoms with Gasteiger partial charge in [0, 0.05) is 10.5 Å². The monoisotopic (exact) mass is 522 g/mol. The lowest BCUT2D eigenvalue weighted by atomic mass is 9.97. The van der Waals surface area contributed by atoms with Crippen molar-refractivity contribution in [1.82, 2.24) is 5.32 Å². The number of hydrogen-bond donors (Lipinski definition) is 1. The molecule has 1 saturated carbocycles. The zero-order valence-corrected chi connectivity index (χ0v) is 20.8. The number of nitrogens with one attached hydrogen (secondary N) is 1. The summed E-state index contributed by atoms with van der Waals surface area (Å²) in [4.78, 5) is 13.1. The first-order valence-electron chi connectivity index (χ1n) is 11.2. The minimum absolute atomic E-state index is 0.0976. The van der Waals surface area contributed by atoms with Crippen LogP contribution in [0.4, 0.5) is 5.69 Å². The van der Waals surface area contributed by atoms with Gasteiger partial charge in [0.25, 0.3) is 10.0 Å². The smallest absolute Gasteiger partial charge is 0.264 e. The second kappa shape index (κ2) is 11.7. The molecule has 6 nitrogen and oxygen atoms in total. The Kier molecular flexibility index (Phi) is 8.99. The summed E-state index contributed by atoms with van der Waals surface area (Å²) in [6, 6.07) is 13.3. The minimum atomic E-state index is -3.93. The molecule has 0 atom stereocenters. The summed E-state index contributed by atoms with van der Waals surface area (Å²) in [5, 5.41) is 3.07. The van der Waals surface area contributed by atoms with Crippen LogP contribution < -0.4 is 14.4 Å². The molecule has 0 aromatic heterocycles. The number of carbonyl (C=O) groups excluding carboxylic acids is 1. The van der Waals surface area contributed by atoms with E-state index < -0.39 is 10.0 Å². The van der Waals surface area contributed by atoms with Gasteiger partial charge in [-0.1, -0.05) is 48.0 Å². The fourth-order valence-electron chi connectivity index (χ4n) is 3.93. The van der Waals surface area contributed by atoms with Crippen LogP contribution in [-0.2, 0) is 14.8 Å². The zero-order valence-electron chi connectivity index (χ0n) is 18.4. The van der Waals surface area contributed by atoms with E-state index >= 15 is 0 Å². The molecule has 32 heavy (non-hydrogen) atoms. The fraction of sp³-hybridized carbons (Fsp3) is 0.458. The van der Waals surface area contributed by atoms with Crippen LogP contribution in [0.5, 0.6) is 5.75 Å². The number of anilines is 1. The molecule has 2 aromatic carbocycles. The van der Waals surface area contributed by atoms with E-state index in [9.17, 15) is 13.2 Å². The Morgan fingerprint density at radius 3 is 2.19 bits per heavy atom. The van der Waals surface area contributed by atoms with E-state index in [-0.39, 0.29) is 23.4 Å². The van der Waals surface area contributed by atoms with E-state index in [1.807, 2.05) is 6.92 Å². The fourth-order valence-corrected chi connectivity index (χ4v) is 5.61. The highest BCUT2D eigenvalue weighted by Crippen LogP contribution is 2.27. The standard InChI is InChI=1S/C24H31BrN2O4S/c1-2-31-22-14-12-21(13-15-22)27(32(29,30)23-16-10-19(25)11-17-23)18-24(28)26-20-8-6-4-3-5-7-9-20/h10-17,20H,2-9,18H2,1H3,(H,26,28). The SMILES string of the molecule is CCOc1ccc(N(CC(=O)NC2CCCCCCC2)S(=O)(=O)c2ccc(Br)cc2)cc1. The number of carbonyl (C=O) groups is 1. The van der Waals surface area contributed by atoms with Crippen molar-refractivity contribution in [3.8, 4) is 5.75 Å². The molecule has 1 aliphatic carbocycles. The summed E-state index contributed by atoms with van der Waals surface area (Å²) < 4.78 is 34.4. The average Bonchev–Trinajstić information content (AvgIpc) is 2.75. The molecule has 0 heterocycles. The lowest BCUT2D eigenvalue weighted by Crippen LogP contribution is -2.44. The van der Waals surface area contributed by atoms with Crippen molar-refractivity contribution in [2.75, 3.05) is 17.5 Å². The number of ether oxygens (including phenoxy) is 1. The van der Waals surface area contributed by atoms with Crippen LogP contribution in [0.25, 0.3) is 0 Å². The molecule has 0 aliphatic heterocycles. The van der Waals surface area contributed by atoms with E-state index in [0.717, 1.165) is 30.2 Å². The minimum Gasteiger partial charge on any atom is -0.494 e. The summed E-state index contributed by atoms with van der Waals surface area (Å²) in [5.74, 6) is 0.362. The highest BCUT2D eigenvalue weighted by molar-refractivity contribution is 9.10. The van der Waals surface area contributed by atoms with Crippen LogP contribution >= 0.6 is 15.9 Å². The predicted molar refractivity (Wildman–Crippen MR) is 131 cm³/mol. The molecule has 1 amide bonds. The Labute approximate surface area is 199 Å². The van der Waals surface area contributed by atoms with Crippen LogP contribution in [0.1, 0.15) is 51.9 Å². The van der Waals surface area contributed by atoms with E-state index in [0.29, 0.717) is 18.0 Å². The van der Waals surface area contributed by atoms with Crippen LogP contribution in [-0.4, -0.2) is 33.5 Å². The van der Waals surface area contributed by atoms with Gasteiger partial charge in [0.2, 0.25) is 5.91 Å². The topological polar surface area (TPSA) is 75.7 Å². The molecule has 8 heteroatoms. The van der Waals surface area contributed by atoms with Crippen molar-refractivity contribution >= 4 is 37.5 Å². The Morgan fingerprint density at radius 1 is 1.00 bits per heavy atom. The molecular weight excluding hydrogens is 492 g/mol. The molecule has 174 valence electrons. The van der Waals surface area contributed by atoms with Crippen LogP contribution in [0.15, 0.2) is 57.9 Å². The lowest BCUT2D eigenvalue weighted by molar-refractivity contribution is -0.120. The van der Waals surface area contributed by atoms with Crippen molar-refractivity contribution in [3.05, 3.63) is 53.0 Å². The molecule has 1 N–H and O–H groups in total. The summed E-state index contributed by atoms with van der Waals surface area (Å²) in [7, 11) is -3.93. The normalized spacial score (nSPS) is 15.4. The zero-order chi connectivity index (χ0) is 23.0. The van der Waals surface area contributed by atoms with Crippen molar-refractivity contribution in [3.63, 3.8) is 0 Å². The number of rotatable bonds is 8. The molecular formula is C24H31BrN2O4S. The van der Waals surface area contributed by atoms with Gasteiger partial charge in [-0.05, 0) is 68.3 Å². The Morgan fingerprint density at radius 2 is 1.59 bits per heavy atom. The van der Waals surface area contributed by atoms with Gasteiger partial charge in [0.1, 0.15) is 12.3 Å². The van der Waals surface area contributed by atoms with Crippen molar-refractivity contribution in [1.29, 1.82) is 0 Å². The van der Waals surface area contributed by atoms with Gasteiger partial charge in [0.15, 0.2) is 0 Å². The summed E-state index contributed by atoms with van der Waals surface area (Å²) in [6.45, 7) is 2.13. The first-order chi connectivity index (χ1) is 15.4. The molecule has 2 aromatic rings. The van der Waals surface area contributed by atoms with E-state index in [4.69, 9.17) is 4.74 Å². The summed E-state index contributed by atoms with van der Waals surface area (Å²) >= 11 is 3.34. The maximum absolute atomic E-state index is 13.5. The van der Waals surface area contributed by atoms with Crippen LogP contribution in [0.3, 0.4) is 0 Å². The van der Waals surface area contributed by atoms with Crippen molar-refractivity contribution in [2.24, 2.45) is 0 Å². The molecule has 1 fully saturated rings. The van der Waals surface area contributed by atoms with Gasteiger partial charge >= 0.3 is 0 Å². The van der Waals surface area contributed by atoms with Gasteiger partial charge in [-0.2, -0.15) is 0 Å². The second-order valence-corrected chi connectivity index (χ2v) is 10.8. The number of nitrogens with zero attached hydrogens (tertiary/aromatic N) is 1. The number of halogens is 1. The van der Waals surface area contributed by atoms with Gasteiger partial charge in [-0.15, -0.1) is 0 Å². The molecule has 0 saturated heterocycles. The third-order valence-electron chi connectivity index (χ3n) is 5.59. The molecule has 0 radical (unpaired) electrons. The summed E-state index contributed by atoms with van der Waals surface area (Å²) in [6.07, 6.45) is 7.67. The second-order valence-electron chi connectivity index (χ2n) is 8.00. The number of amides is 1. The Balaban J connectivity index is 1.84. The maximum atomic E-state index is 13.5. The van der Waals surface area contributed by atoms with E-state index in [1.165, 1.54) is 35.7 Å². The molecule has 0 unspecified atom stereocenters. The highest BCUT2D eigenvalue weighted by Gasteiger charge is 2.28. The number of hydrogen-bond acceptors (Lipinski definition) is 4. The first-order valence-corrected chi connectivity index (χ1v) is 13.4. The largest absolute Gasteiger partial charge is 0.494 e. The maximum Gasteiger partial charge on any atom is 0.264 e. The molecule has 0 bridgehead atoms. The number of benzene rings is 2. The summed E-state index contributed by atoms with van der Waals surface area (Å²) in [5.41, 5.74) is 0.421. The first kappa shape index (κ1) is 24.6. The quantitative estimate of drug-likeness (QED) is 0.512. The third kappa shape index (κ3) is 6.72. The van der Waals surface area contributed by atoms with Gasteiger partial charge in [-0.25, -0.2) is 8.42 Å². The van der Waals surface area contributed by atoms with Crippen LogP contribution in [0.2, 0.25) is 0 Å².